The topological polar surface area (TPSA) is 53.9 Å². The number of hydrogen-bond donors (Lipinski definition) is 1. The van der Waals surface area contributed by atoms with E-state index in [2.05, 4.69) is 41.2 Å². The summed E-state index contributed by atoms with van der Waals surface area (Å²) < 4.78 is 1.14. The van der Waals surface area contributed by atoms with E-state index in [9.17, 15) is 0 Å². The first-order valence-electron chi connectivity index (χ1n) is 9.15. The molecule has 132 valence electrons. The van der Waals surface area contributed by atoms with E-state index >= 15 is 0 Å². The number of anilines is 1. The molecular weight excluding hydrogens is 330 g/mol. The zero-order valence-electron chi connectivity index (χ0n) is 15.2. The second-order valence-electron chi connectivity index (χ2n) is 6.99. The highest BCUT2D eigenvalue weighted by Gasteiger charge is 2.22. The highest BCUT2D eigenvalue weighted by molar-refractivity contribution is 7.26. The van der Waals surface area contributed by atoms with Crippen LogP contribution in [0.1, 0.15) is 36.6 Å². The third kappa shape index (κ3) is 2.98. The molecule has 0 radical (unpaired) electrons. The third-order valence-electron chi connectivity index (χ3n) is 4.99. The van der Waals surface area contributed by atoms with Crippen LogP contribution in [0.4, 0.5) is 5.82 Å². The van der Waals surface area contributed by atoms with Gasteiger partial charge in [-0.3, -0.25) is 0 Å². The molecule has 25 heavy (non-hydrogen) atoms. The van der Waals surface area contributed by atoms with Crippen LogP contribution < -0.4 is 5.32 Å². The van der Waals surface area contributed by atoms with Crippen LogP contribution in [0.5, 0.6) is 0 Å². The molecule has 1 aliphatic carbocycles. The summed E-state index contributed by atoms with van der Waals surface area (Å²) >= 11 is 1.74. The van der Waals surface area contributed by atoms with Gasteiger partial charge in [0.05, 0.1) is 10.2 Å². The van der Waals surface area contributed by atoms with E-state index in [0.717, 1.165) is 53.2 Å². The normalized spacial score (nSPS) is 14.4. The summed E-state index contributed by atoms with van der Waals surface area (Å²) in [6.07, 6.45) is 7.56. The van der Waals surface area contributed by atoms with Crippen molar-refractivity contribution in [2.24, 2.45) is 0 Å². The Morgan fingerprint density at radius 1 is 1.16 bits per heavy atom. The Hall–Kier alpha value is -1.79. The number of nitrogens with one attached hydrogen (secondary N) is 1. The standard InChI is InChI=1S/C19H25N5S/c1-4-14-12-7-5-6-8-13(12)15-16-17(25-19(15)23-14)18(22-11-21-16)20-9-10-24(2)3/h11H,4-10H2,1-3H3,(H,20,21,22). The van der Waals surface area contributed by atoms with E-state index in [0.29, 0.717) is 0 Å². The predicted octanol–water partition coefficient (Wildman–Crippen LogP) is 3.65. The molecule has 5 nitrogen and oxygen atoms in total. The molecule has 0 amide bonds. The molecule has 0 atom stereocenters. The van der Waals surface area contributed by atoms with E-state index in [4.69, 9.17) is 4.98 Å². The molecule has 0 saturated carbocycles. The van der Waals surface area contributed by atoms with Gasteiger partial charge in [0.25, 0.3) is 0 Å². The molecule has 0 bridgehead atoms. The number of likely N-dealkylation sites (N-methyl/N-ethyl adjacent to an activating group) is 1. The number of aromatic nitrogens is 3. The molecule has 0 unspecified atom stereocenters. The number of fused-ring (bicyclic) bond motifs is 5. The second kappa shape index (κ2) is 6.84. The van der Waals surface area contributed by atoms with E-state index in [1.807, 2.05) is 0 Å². The van der Waals surface area contributed by atoms with Crippen LogP contribution in [0.3, 0.4) is 0 Å². The minimum Gasteiger partial charge on any atom is -0.367 e. The molecule has 0 fully saturated rings. The van der Waals surface area contributed by atoms with Gasteiger partial charge in [-0.25, -0.2) is 15.0 Å². The van der Waals surface area contributed by atoms with Gasteiger partial charge < -0.3 is 10.2 Å². The van der Waals surface area contributed by atoms with Crippen LogP contribution in [0, 0.1) is 0 Å². The molecule has 0 aliphatic heterocycles. The number of pyridine rings is 1. The quantitative estimate of drug-likeness (QED) is 0.757. The van der Waals surface area contributed by atoms with E-state index in [1.54, 1.807) is 17.7 Å². The number of nitrogens with zero attached hydrogens (tertiary/aromatic N) is 4. The molecule has 0 spiro atoms. The van der Waals surface area contributed by atoms with Crippen LogP contribution >= 0.6 is 11.3 Å². The summed E-state index contributed by atoms with van der Waals surface area (Å²) in [7, 11) is 4.17. The summed E-state index contributed by atoms with van der Waals surface area (Å²) in [6.45, 7) is 4.06. The summed E-state index contributed by atoms with van der Waals surface area (Å²) in [4.78, 5) is 17.4. The number of aryl methyl sites for hydroxylation is 2. The van der Waals surface area contributed by atoms with Crippen LogP contribution in [0.25, 0.3) is 20.4 Å². The fraction of sp³-hybridized carbons (Fsp3) is 0.526. The molecular formula is C19H25N5S. The minimum absolute atomic E-state index is 0.874. The van der Waals surface area contributed by atoms with Gasteiger partial charge in [-0.05, 0) is 57.3 Å². The highest BCUT2D eigenvalue weighted by atomic mass is 32.1. The first-order chi connectivity index (χ1) is 12.2. The Morgan fingerprint density at radius 3 is 2.72 bits per heavy atom. The summed E-state index contributed by atoms with van der Waals surface area (Å²) in [5.41, 5.74) is 5.35. The first kappa shape index (κ1) is 16.7. The van der Waals surface area contributed by atoms with Gasteiger partial charge in [0.2, 0.25) is 0 Å². The maximum atomic E-state index is 5.01. The first-order valence-corrected chi connectivity index (χ1v) is 9.97. The lowest BCUT2D eigenvalue weighted by atomic mass is 9.88. The average molecular weight is 356 g/mol. The second-order valence-corrected chi connectivity index (χ2v) is 7.99. The van der Waals surface area contributed by atoms with Gasteiger partial charge in [0, 0.05) is 24.2 Å². The summed E-state index contributed by atoms with van der Waals surface area (Å²) in [5.74, 6) is 0.942. The Labute approximate surface area is 152 Å². The fourth-order valence-corrected chi connectivity index (χ4v) is 4.90. The van der Waals surface area contributed by atoms with E-state index in [-0.39, 0.29) is 0 Å². The molecule has 0 saturated heterocycles. The zero-order valence-corrected chi connectivity index (χ0v) is 16.0. The lowest BCUT2D eigenvalue weighted by Crippen LogP contribution is -2.21. The lowest BCUT2D eigenvalue weighted by Gasteiger charge is -2.19. The smallest absolute Gasteiger partial charge is 0.147 e. The van der Waals surface area contributed by atoms with Crippen molar-refractivity contribution in [1.29, 1.82) is 0 Å². The maximum Gasteiger partial charge on any atom is 0.147 e. The van der Waals surface area contributed by atoms with Gasteiger partial charge in [0.15, 0.2) is 0 Å². The molecule has 3 heterocycles. The fourth-order valence-electron chi connectivity index (χ4n) is 3.75. The van der Waals surface area contributed by atoms with Crippen molar-refractivity contribution in [2.45, 2.75) is 39.0 Å². The Kier molecular flexibility index (Phi) is 4.56. The maximum absolute atomic E-state index is 5.01. The van der Waals surface area contributed by atoms with Gasteiger partial charge in [0.1, 0.15) is 17.0 Å². The SMILES string of the molecule is CCc1nc2sc3c(NCCN(C)C)ncnc3c2c2c1CCCC2. The molecule has 4 rings (SSSR count). The zero-order chi connectivity index (χ0) is 17.4. The van der Waals surface area contributed by atoms with Crippen molar-refractivity contribution in [3.63, 3.8) is 0 Å². The minimum atomic E-state index is 0.874. The van der Waals surface area contributed by atoms with Crippen LogP contribution in [0.2, 0.25) is 0 Å². The molecule has 0 aromatic carbocycles. The van der Waals surface area contributed by atoms with Gasteiger partial charge >= 0.3 is 0 Å². The number of rotatable bonds is 5. The van der Waals surface area contributed by atoms with Crippen molar-refractivity contribution in [1.82, 2.24) is 19.9 Å². The number of hydrogen-bond acceptors (Lipinski definition) is 6. The van der Waals surface area contributed by atoms with Crippen molar-refractivity contribution >= 4 is 37.6 Å². The monoisotopic (exact) mass is 355 g/mol. The highest BCUT2D eigenvalue weighted by Crippen LogP contribution is 2.40. The Balaban J connectivity index is 1.87. The Morgan fingerprint density at radius 2 is 1.96 bits per heavy atom. The van der Waals surface area contributed by atoms with Crippen LogP contribution in [0.15, 0.2) is 6.33 Å². The van der Waals surface area contributed by atoms with Crippen LogP contribution in [-0.4, -0.2) is 47.0 Å². The lowest BCUT2D eigenvalue weighted by molar-refractivity contribution is 0.425. The van der Waals surface area contributed by atoms with Gasteiger partial charge in [-0.2, -0.15) is 0 Å². The number of thiophene rings is 1. The molecule has 6 heteroatoms. The molecule has 3 aromatic heterocycles. The van der Waals surface area contributed by atoms with Crippen molar-refractivity contribution in [3.8, 4) is 0 Å². The van der Waals surface area contributed by atoms with Crippen LogP contribution in [-0.2, 0) is 19.3 Å². The van der Waals surface area contributed by atoms with Crippen molar-refractivity contribution < 1.29 is 0 Å². The van der Waals surface area contributed by atoms with Crippen molar-refractivity contribution in [3.05, 3.63) is 23.1 Å². The molecule has 1 aliphatic rings. The van der Waals surface area contributed by atoms with E-state index in [1.165, 1.54) is 35.0 Å². The molecule has 3 aromatic rings. The van der Waals surface area contributed by atoms with Crippen molar-refractivity contribution in [2.75, 3.05) is 32.5 Å². The predicted molar refractivity (Wildman–Crippen MR) is 106 cm³/mol. The Bertz CT molecular complexity index is 915. The third-order valence-corrected chi connectivity index (χ3v) is 6.07. The summed E-state index contributed by atoms with van der Waals surface area (Å²) in [6, 6.07) is 0. The van der Waals surface area contributed by atoms with Gasteiger partial charge in [-0.1, -0.05) is 6.92 Å². The average Bonchev–Trinajstić information content (AvgIpc) is 3.00. The van der Waals surface area contributed by atoms with E-state index < -0.39 is 0 Å². The molecule has 1 N–H and O–H groups in total. The largest absolute Gasteiger partial charge is 0.367 e. The van der Waals surface area contributed by atoms with Gasteiger partial charge in [-0.15, -0.1) is 11.3 Å². The summed E-state index contributed by atoms with van der Waals surface area (Å²) in [5, 5.41) is 4.76.